The summed E-state index contributed by atoms with van der Waals surface area (Å²) in [4.78, 5) is 2.57. The number of nitrogens with two attached hydrogens (primary N) is 1. The van der Waals surface area contributed by atoms with E-state index in [1.54, 1.807) is 0 Å². The maximum absolute atomic E-state index is 5.96. The van der Waals surface area contributed by atoms with Crippen molar-refractivity contribution in [3.63, 3.8) is 0 Å². The molecule has 0 aromatic carbocycles. The summed E-state index contributed by atoms with van der Waals surface area (Å²) in [6.07, 6.45) is 4.89. The molecule has 13 heavy (non-hydrogen) atoms. The van der Waals surface area contributed by atoms with Gasteiger partial charge in [0.1, 0.15) is 0 Å². The monoisotopic (exact) mass is 184 g/mol. The number of hydrogen-bond donors (Lipinski definition) is 1. The van der Waals surface area contributed by atoms with Crippen LogP contribution in [-0.4, -0.2) is 43.3 Å². The fraction of sp³-hybridized carbons (Fsp3) is 1.00. The molecule has 0 radical (unpaired) electrons. The zero-order chi connectivity index (χ0) is 9.10. The summed E-state index contributed by atoms with van der Waals surface area (Å²) in [5.41, 5.74) is 5.96. The van der Waals surface area contributed by atoms with Gasteiger partial charge in [0, 0.05) is 31.8 Å². The van der Waals surface area contributed by atoms with Crippen LogP contribution >= 0.6 is 0 Å². The van der Waals surface area contributed by atoms with E-state index in [-0.39, 0.29) is 0 Å². The SMILES string of the molecule is NC1CCCN(C2CCOCC2)C1. The van der Waals surface area contributed by atoms with Crippen molar-refractivity contribution in [2.45, 2.75) is 37.8 Å². The highest BCUT2D eigenvalue weighted by Crippen LogP contribution is 2.18. The van der Waals surface area contributed by atoms with E-state index in [0.29, 0.717) is 6.04 Å². The van der Waals surface area contributed by atoms with Crippen molar-refractivity contribution >= 4 is 0 Å². The first kappa shape index (κ1) is 9.44. The predicted molar refractivity (Wildman–Crippen MR) is 52.6 cm³/mol. The summed E-state index contributed by atoms with van der Waals surface area (Å²) in [5.74, 6) is 0. The number of nitrogens with zero attached hydrogens (tertiary/aromatic N) is 1. The fourth-order valence-corrected chi connectivity index (χ4v) is 2.42. The second-order valence-electron chi connectivity index (χ2n) is 4.24. The fourth-order valence-electron chi connectivity index (χ4n) is 2.42. The summed E-state index contributed by atoms with van der Waals surface area (Å²) >= 11 is 0. The van der Waals surface area contributed by atoms with Gasteiger partial charge in [0.15, 0.2) is 0 Å². The van der Waals surface area contributed by atoms with E-state index in [1.807, 2.05) is 0 Å². The smallest absolute Gasteiger partial charge is 0.0480 e. The van der Waals surface area contributed by atoms with Gasteiger partial charge < -0.3 is 10.5 Å². The molecule has 2 aliphatic heterocycles. The molecule has 0 aliphatic carbocycles. The van der Waals surface area contributed by atoms with E-state index in [4.69, 9.17) is 10.5 Å². The molecule has 2 aliphatic rings. The molecule has 1 atom stereocenters. The van der Waals surface area contributed by atoms with Crippen molar-refractivity contribution in [3.8, 4) is 0 Å². The Morgan fingerprint density at radius 1 is 1.15 bits per heavy atom. The molecule has 2 saturated heterocycles. The molecule has 1 unspecified atom stereocenters. The third-order valence-electron chi connectivity index (χ3n) is 3.20. The van der Waals surface area contributed by atoms with Crippen molar-refractivity contribution in [1.29, 1.82) is 0 Å². The lowest BCUT2D eigenvalue weighted by Crippen LogP contribution is -2.49. The third kappa shape index (κ3) is 2.42. The van der Waals surface area contributed by atoms with Gasteiger partial charge in [-0.05, 0) is 32.2 Å². The third-order valence-corrected chi connectivity index (χ3v) is 3.20. The number of hydrogen-bond acceptors (Lipinski definition) is 3. The van der Waals surface area contributed by atoms with Crippen LogP contribution in [0.3, 0.4) is 0 Å². The molecule has 76 valence electrons. The van der Waals surface area contributed by atoms with Gasteiger partial charge in [0.2, 0.25) is 0 Å². The van der Waals surface area contributed by atoms with Gasteiger partial charge in [-0.25, -0.2) is 0 Å². The molecule has 0 bridgehead atoms. The van der Waals surface area contributed by atoms with Crippen LogP contribution in [0.4, 0.5) is 0 Å². The van der Waals surface area contributed by atoms with Crippen molar-refractivity contribution in [3.05, 3.63) is 0 Å². The lowest BCUT2D eigenvalue weighted by atomic mass is 10.0. The topological polar surface area (TPSA) is 38.5 Å². The first-order valence-corrected chi connectivity index (χ1v) is 5.43. The van der Waals surface area contributed by atoms with Gasteiger partial charge in [0.25, 0.3) is 0 Å². The van der Waals surface area contributed by atoms with E-state index in [1.165, 1.54) is 32.2 Å². The van der Waals surface area contributed by atoms with Crippen molar-refractivity contribution in [2.75, 3.05) is 26.3 Å². The molecule has 2 heterocycles. The van der Waals surface area contributed by atoms with Crippen molar-refractivity contribution in [2.24, 2.45) is 5.73 Å². The molecule has 0 aromatic heterocycles. The Morgan fingerprint density at radius 3 is 2.62 bits per heavy atom. The van der Waals surface area contributed by atoms with E-state index < -0.39 is 0 Å². The lowest BCUT2D eigenvalue weighted by Gasteiger charge is -2.38. The molecule has 0 saturated carbocycles. The molecule has 3 nitrogen and oxygen atoms in total. The highest BCUT2D eigenvalue weighted by molar-refractivity contribution is 4.81. The summed E-state index contributed by atoms with van der Waals surface area (Å²) in [5, 5.41) is 0. The minimum Gasteiger partial charge on any atom is -0.381 e. The van der Waals surface area contributed by atoms with Gasteiger partial charge in [0.05, 0.1) is 0 Å². The predicted octanol–water partition coefficient (Wildman–Crippen LogP) is 0.588. The number of piperidine rings is 1. The summed E-state index contributed by atoms with van der Waals surface area (Å²) < 4.78 is 5.36. The van der Waals surface area contributed by atoms with Gasteiger partial charge in [-0.3, -0.25) is 4.90 Å². The molecule has 2 N–H and O–H groups in total. The van der Waals surface area contributed by atoms with E-state index in [9.17, 15) is 0 Å². The number of rotatable bonds is 1. The van der Waals surface area contributed by atoms with Crippen LogP contribution in [0.5, 0.6) is 0 Å². The Balaban J connectivity index is 1.83. The molecular formula is C10H20N2O. The van der Waals surface area contributed by atoms with Crippen LogP contribution in [-0.2, 0) is 4.74 Å². The largest absolute Gasteiger partial charge is 0.381 e. The number of likely N-dealkylation sites (tertiary alicyclic amines) is 1. The van der Waals surface area contributed by atoms with Crippen LogP contribution in [0.2, 0.25) is 0 Å². The standard InChI is InChI=1S/C10H20N2O/c11-9-2-1-5-12(8-9)10-3-6-13-7-4-10/h9-10H,1-8,11H2. The zero-order valence-corrected chi connectivity index (χ0v) is 8.24. The summed E-state index contributed by atoms with van der Waals surface area (Å²) in [6, 6.07) is 1.16. The maximum Gasteiger partial charge on any atom is 0.0480 e. The Kier molecular flexibility index (Phi) is 3.19. The first-order valence-electron chi connectivity index (χ1n) is 5.43. The van der Waals surface area contributed by atoms with E-state index in [2.05, 4.69) is 4.90 Å². The van der Waals surface area contributed by atoms with Gasteiger partial charge >= 0.3 is 0 Å². The van der Waals surface area contributed by atoms with Crippen LogP contribution < -0.4 is 5.73 Å². The van der Waals surface area contributed by atoms with Gasteiger partial charge in [-0.15, -0.1) is 0 Å². The second kappa shape index (κ2) is 4.40. The van der Waals surface area contributed by atoms with Crippen molar-refractivity contribution < 1.29 is 4.74 Å². The lowest BCUT2D eigenvalue weighted by molar-refractivity contribution is 0.0244. The Hall–Kier alpha value is -0.120. The van der Waals surface area contributed by atoms with Crippen LogP contribution in [0, 0.1) is 0 Å². The minimum atomic E-state index is 0.414. The van der Waals surface area contributed by atoms with E-state index >= 15 is 0 Å². The van der Waals surface area contributed by atoms with Crippen LogP contribution in [0.1, 0.15) is 25.7 Å². The Bertz CT molecular complexity index is 157. The first-order chi connectivity index (χ1) is 6.36. The minimum absolute atomic E-state index is 0.414. The molecule has 3 heteroatoms. The average molecular weight is 184 g/mol. The number of ether oxygens (including phenoxy) is 1. The highest BCUT2D eigenvalue weighted by Gasteiger charge is 2.25. The van der Waals surface area contributed by atoms with Gasteiger partial charge in [-0.2, -0.15) is 0 Å². The summed E-state index contributed by atoms with van der Waals surface area (Å²) in [6.45, 7) is 4.23. The molecule has 0 aromatic rings. The summed E-state index contributed by atoms with van der Waals surface area (Å²) in [7, 11) is 0. The highest BCUT2D eigenvalue weighted by atomic mass is 16.5. The zero-order valence-electron chi connectivity index (χ0n) is 8.24. The molecule has 2 fully saturated rings. The van der Waals surface area contributed by atoms with Gasteiger partial charge in [-0.1, -0.05) is 0 Å². The van der Waals surface area contributed by atoms with E-state index in [0.717, 1.165) is 25.8 Å². The molecule has 2 rings (SSSR count). The molecule has 0 amide bonds. The normalized spacial score (nSPS) is 33.5. The van der Waals surface area contributed by atoms with Crippen LogP contribution in [0.15, 0.2) is 0 Å². The van der Waals surface area contributed by atoms with Crippen LogP contribution in [0.25, 0.3) is 0 Å². The quantitative estimate of drug-likeness (QED) is 0.648. The van der Waals surface area contributed by atoms with Crippen molar-refractivity contribution in [1.82, 2.24) is 4.90 Å². The Morgan fingerprint density at radius 2 is 1.92 bits per heavy atom. The average Bonchev–Trinajstić information content (AvgIpc) is 2.19. The Labute approximate surface area is 80.2 Å². The molecule has 0 spiro atoms. The molecular weight excluding hydrogens is 164 g/mol. The maximum atomic E-state index is 5.96. The second-order valence-corrected chi connectivity index (χ2v) is 4.24.